The zero-order chi connectivity index (χ0) is 20.4. The van der Waals surface area contributed by atoms with Gasteiger partial charge in [0.05, 0.1) is 10.5 Å². The zero-order valence-corrected chi connectivity index (χ0v) is 17.8. The molecule has 2 aliphatic rings. The van der Waals surface area contributed by atoms with Crippen LogP contribution in [-0.2, 0) is 5.54 Å². The smallest absolute Gasteiger partial charge is 0.275 e. The number of hydrogen-bond donors (Lipinski definition) is 3. The summed E-state index contributed by atoms with van der Waals surface area (Å²) in [6.45, 7) is 3.83. The summed E-state index contributed by atoms with van der Waals surface area (Å²) in [6, 6.07) is 4.58. The second-order valence-corrected chi connectivity index (χ2v) is 9.57. The Kier molecular flexibility index (Phi) is 5.89. The fraction of sp³-hybridized carbons (Fsp3) is 0.450. The maximum Gasteiger partial charge on any atom is 0.275 e. The van der Waals surface area contributed by atoms with Gasteiger partial charge in [0.25, 0.3) is 5.91 Å². The number of nitrogens with zero attached hydrogens (tertiary/aromatic N) is 2. The molecule has 1 atom stereocenters. The van der Waals surface area contributed by atoms with E-state index in [0.29, 0.717) is 34.5 Å². The number of nitrogens with one attached hydrogen (secondary N) is 2. The molecule has 1 fully saturated rings. The molecule has 0 bridgehead atoms. The van der Waals surface area contributed by atoms with Crippen LogP contribution in [0.4, 0.5) is 10.1 Å². The van der Waals surface area contributed by atoms with Crippen LogP contribution in [0, 0.1) is 5.82 Å². The number of thioether (sulfide) groups is 1. The summed E-state index contributed by atoms with van der Waals surface area (Å²) in [6.07, 6.45) is 2.76. The summed E-state index contributed by atoms with van der Waals surface area (Å²) < 4.78 is 14.6. The number of amides is 1. The minimum atomic E-state index is -0.733. The van der Waals surface area contributed by atoms with Crippen molar-refractivity contribution in [2.24, 2.45) is 10.7 Å². The Labute approximate surface area is 177 Å². The maximum absolute atomic E-state index is 14.6. The highest BCUT2D eigenvalue weighted by atomic mass is 32.2. The number of nitrogens with two attached hydrogens (primary N) is 1. The monoisotopic (exact) mass is 433 g/mol. The quantitative estimate of drug-likeness (QED) is 0.684. The zero-order valence-electron chi connectivity index (χ0n) is 16.2. The van der Waals surface area contributed by atoms with Crippen molar-refractivity contribution in [3.63, 3.8) is 0 Å². The van der Waals surface area contributed by atoms with E-state index in [-0.39, 0.29) is 11.7 Å². The van der Waals surface area contributed by atoms with E-state index >= 15 is 0 Å². The Morgan fingerprint density at radius 3 is 2.93 bits per heavy atom. The average molecular weight is 434 g/mol. The van der Waals surface area contributed by atoms with Gasteiger partial charge in [0.15, 0.2) is 5.17 Å². The first kappa shape index (κ1) is 20.3. The number of piperidine rings is 1. The number of benzene rings is 1. The molecule has 6 nitrogen and oxygen atoms in total. The molecule has 9 heteroatoms. The number of amidine groups is 1. The summed E-state index contributed by atoms with van der Waals surface area (Å²) >= 11 is 3.00. The van der Waals surface area contributed by atoms with Crippen LogP contribution in [0.2, 0.25) is 0 Å². The third-order valence-corrected chi connectivity index (χ3v) is 7.25. The second kappa shape index (κ2) is 8.41. The Morgan fingerprint density at radius 1 is 1.38 bits per heavy atom. The van der Waals surface area contributed by atoms with Crippen LogP contribution in [0.5, 0.6) is 0 Å². The average Bonchev–Trinajstić information content (AvgIpc) is 3.20. The lowest BCUT2D eigenvalue weighted by Crippen LogP contribution is -2.29. The number of hydrogen-bond acceptors (Lipinski definition) is 7. The Morgan fingerprint density at radius 2 is 2.17 bits per heavy atom. The molecule has 29 heavy (non-hydrogen) atoms. The van der Waals surface area contributed by atoms with Crippen molar-refractivity contribution in [3.8, 4) is 0 Å². The molecule has 4 rings (SSSR count). The SMILES string of the molecule is CC1(c2cc(NC(=O)c3csc(C4CCNCC4)n3)ccc2F)CCSC(N)=N1. The number of halogens is 1. The molecule has 0 aliphatic carbocycles. The number of carbonyl (C=O) groups excluding carboxylic acids is 1. The van der Waals surface area contributed by atoms with Crippen LogP contribution >= 0.6 is 23.1 Å². The predicted molar refractivity (Wildman–Crippen MR) is 117 cm³/mol. The first-order valence-electron chi connectivity index (χ1n) is 9.70. The number of anilines is 1. The summed E-state index contributed by atoms with van der Waals surface area (Å²) in [5, 5.41) is 9.45. The van der Waals surface area contributed by atoms with Crippen molar-refractivity contribution >= 4 is 39.9 Å². The number of rotatable bonds is 4. The lowest BCUT2D eigenvalue weighted by molar-refractivity contribution is 0.102. The molecule has 0 spiro atoms. The highest BCUT2D eigenvalue weighted by Crippen LogP contribution is 2.37. The molecule has 0 radical (unpaired) electrons. The Hall–Kier alpha value is -1.97. The van der Waals surface area contributed by atoms with E-state index in [1.165, 1.54) is 29.2 Å². The highest BCUT2D eigenvalue weighted by Gasteiger charge is 2.32. The molecule has 154 valence electrons. The molecule has 1 aromatic carbocycles. The second-order valence-electron chi connectivity index (χ2n) is 7.57. The van der Waals surface area contributed by atoms with Gasteiger partial charge in [-0.05, 0) is 57.5 Å². The molecule has 1 unspecified atom stereocenters. The lowest BCUT2D eigenvalue weighted by atomic mass is 9.89. The number of aliphatic imine (C=N–C) groups is 1. The first-order chi connectivity index (χ1) is 13.9. The van der Waals surface area contributed by atoms with Crippen LogP contribution in [0.25, 0.3) is 0 Å². The maximum atomic E-state index is 14.6. The van der Waals surface area contributed by atoms with E-state index in [9.17, 15) is 9.18 Å². The van der Waals surface area contributed by atoms with Crippen LogP contribution in [0.15, 0.2) is 28.6 Å². The van der Waals surface area contributed by atoms with Crippen molar-refractivity contribution < 1.29 is 9.18 Å². The van der Waals surface area contributed by atoms with Gasteiger partial charge in [-0.1, -0.05) is 11.8 Å². The summed E-state index contributed by atoms with van der Waals surface area (Å²) in [7, 11) is 0. The van der Waals surface area contributed by atoms with Gasteiger partial charge in [-0.3, -0.25) is 9.79 Å². The van der Waals surface area contributed by atoms with Crippen molar-refractivity contribution in [3.05, 3.63) is 45.7 Å². The Bertz CT molecular complexity index is 941. The van der Waals surface area contributed by atoms with Crippen molar-refractivity contribution in [1.82, 2.24) is 10.3 Å². The lowest BCUT2D eigenvalue weighted by Gasteiger charge is -2.30. The van der Waals surface area contributed by atoms with Crippen molar-refractivity contribution in [2.45, 2.75) is 37.6 Å². The number of thiazole rings is 1. The standard InChI is InChI=1S/C20H24FN5OS2/c1-20(6-9-28-19(22)26-20)14-10-13(2-3-15(14)21)24-17(27)16-11-29-18(25-16)12-4-7-23-8-5-12/h2-3,10-12,23H,4-9H2,1H3,(H2,22,26)(H,24,27). The molecular formula is C20H24FN5OS2. The minimum absolute atomic E-state index is 0.286. The van der Waals surface area contributed by atoms with Gasteiger partial charge < -0.3 is 16.4 Å². The third kappa shape index (κ3) is 4.46. The molecule has 1 aromatic heterocycles. The highest BCUT2D eigenvalue weighted by molar-refractivity contribution is 8.13. The van der Waals surface area contributed by atoms with Gasteiger partial charge in [-0.25, -0.2) is 9.37 Å². The van der Waals surface area contributed by atoms with Crippen molar-refractivity contribution in [1.29, 1.82) is 0 Å². The summed E-state index contributed by atoms with van der Waals surface area (Å²) in [4.78, 5) is 21.7. The van der Waals surface area contributed by atoms with Gasteiger partial charge in [-0.15, -0.1) is 11.3 Å². The molecule has 3 heterocycles. The van der Waals surface area contributed by atoms with Crippen molar-refractivity contribution in [2.75, 3.05) is 24.2 Å². The molecular weight excluding hydrogens is 409 g/mol. The van der Waals surface area contributed by atoms with Crippen LogP contribution in [-0.4, -0.2) is 34.9 Å². The fourth-order valence-electron chi connectivity index (χ4n) is 3.74. The molecule has 0 saturated carbocycles. The topological polar surface area (TPSA) is 92.4 Å². The molecule has 1 amide bonds. The number of carbonyl (C=O) groups is 1. The first-order valence-corrected chi connectivity index (χ1v) is 11.6. The van der Waals surface area contributed by atoms with E-state index < -0.39 is 5.54 Å². The normalized spacial score (nSPS) is 22.9. The molecule has 1 saturated heterocycles. The van der Waals surface area contributed by atoms with Gasteiger partial charge in [0.2, 0.25) is 0 Å². The van der Waals surface area contributed by atoms with Gasteiger partial charge >= 0.3 is 0 Å². The minimum Gasteiger partial charge on any atom is -0.379 e. The predicted octanol–water partition coefficient (Wildman–Crippen LogP) is 3.67. The van der Waals surface area contributed by atoms with E-state index in [0.717, 1.165) is 36.7 Å². The Balaban J connectivity index is 1.52. The number of aromatic nitrogens is 1. The van der Waals surface area contributed by atoms with Crippen LogP contribution in [0.1, 0.15) is 53.2 Å². The summed E-state index contributed by atoms with van der Waals surface area (Å²) in [5.41, 5.74) is 6.49. The molecule has 2 aromatic rings. The van der Waals surface area contributed by atoms with E-state index in [1.807, 2.05) is 6.92 Å². The molecule has 4 N–H and O–H groups in total. The summed E-state index contributed by atoms with van der Waals surface area (Å²) in [5.74, 6) is 0.551. The third-order valence-electron chi connectivity index (χ3n) is 5.44. The largest absolute Gasteiger partial charge is 0.379 e. The van der Waals surface area contributed by atoms with Crippen LogP contribution in [0.3, 0.4) is 0 Å². The van der Waals surface area contributed by atoms with E-state index in [2.05, 4.69) is 20.6 Å². The molecule has 2 aliphatic heterocycles. The van der Waals surface area contributed by atoms with Gasteiger partial charge in [0, 0.05) is 28.3 Å². The fourth-order valence-corrected chi connectivity index (χ4v) is 5.69. The van der Waals surface area contributed by atoms with Crippen LogP contribution < -0.4 is 16.4 Å². The van der Waals surface area contributed by atoms with Gasteiger partial charge in [-0.2, -0.15) is 0 Å². The van der Waals surface area contributed by atoms with E-state index in [4.69, 9.17) is 5.73 Å². The van der Waals surface area contributed by atoms with E-state index in [1.54, 1.807) is 17.5 Å². The van der Waals surface area contributed by atoms with Gasteiger partial charge in [0.1, 0.15) is 11.5 Å².